The zero-order chi connectivity index (χ0) is 20.3. The predicted octanol–water partition coefficient (Wildman–Crippen LogP) is 3.00. The number of carbonyl (C=O) groups excluding carboxylic acids is 1. The van der Waals surface area contributed by atoms with Crippen LogP contribution in [0.15, 0.2) is 42.6 Å². The minimum atomic E-state index is -0.935. The summed E-state index contributed by atoms with van der Waals surface area (Å²) in [4.78, 5) is 18.3. The first-order chi connectivity index (χ1) is 14.0. The van der Waals surface area contributed by atoms with Gasteiger partial charge in [0.2, 0.25) is 0 Å². The first kappa shape index (κ1) is 19.8. The van der Waals surface area contributed by atoms with Crippen molar-refractivity contribution >= 4 is 5.78 Å². The summed E-state index contributed by atoms with van der Waals surface area (Å²) in [6.07, 6.45) is 5.80. The average Bonchev–Trinajstić information content (AvgIpc) is 2.73. The van der Waals surface area contributed by atoms with Crippen LogP contribution < -0.4 is 0 Å². The number of benzene rings is 1. The number of nitrogens with zero attached hydrogens (tertiary/aromatic N) is 2. The molecular formula is C25H28N2O2. The lowest BCUT2D eigenvalue weighted by Gasteiger charge is -2.47. The van der Waals surface area contributed by atoms with Gasteiger partial charge in [0.25, 0.3) is 0 Å². The molecule has 3 fully saturated rings. The van der Waals surface area contributed by atoms with E-state index < -0.39 is 5.60 Å². The molecule has 3 aliphatic heterocycles. The third-order valence-corrected chi connectivity index (χ3v) is 6.15. The number of fused-ring (bicyclic) bond motifs is 3. The van der Waals surface area contributed by atoms with Gasteiger partial charge < -0.3 is 9.90 Å². The maximum atomic E-state index is 11.4. The lowest BCUT2D eigenvalue weighted by Crippen LogP contribution is -2.58. The molecule has 5 rings (SSSR count). The number of aromatic nitrogens is 1. The second-order valence-corrected chi connectivity index (χ2v) is 8.44. The van der Waals surface area contributed by atoms with E-state index in [1.165, 1.54) is 5.56 Å². The Morgan fingerprint density at radius 3 is 2.66 bits per heavy atom. The quantitative estimate of drug-likeness (QED) is 0.800. The summed E-state index contributed by atoms with van der Waals surface area (Å²) in [5, 5.41) is 11.1. The Kier molecular flexibility index (Phi) is 5.80. The van der Waals surface area contributed by atoms with Crippen LogP contribution in [0.2, 0.25) is 0 Å². The molecule has 4 heteroatoms. The molecule has 0 saturated carbocycles. The zero-order valence-corrected chi connectivity index (χ0v) is 17.0. The van der Waals surface area contributed by atoms with Crippen molar-refractivity contribution in [1.82, 2.24) is 9.88 Å². The van der Waals surface area contributed by atoms with E-state index in [0.717, 1.165) is 49.2 Å². The number of hydrogen-bond acceptors (Lipinski definition) is 4. The molecule has 4 nitrogen and oxygen atoms in total. The Bertz CT molecular complexity index is 936. The molecule has 0 radical (unpaired) electrons. The maximum Gasteiger partial charge on any atom is 0.141 e. The Balaban J connectivity index is 1.62. The molecule has 29 heavy (non-hydrogen) atoms. The molecule has 1 atom stereocenters. The van der Waals surface area contributed by atoms with Crippen LogP contribution in [-0.2, 0) is 17.6 Å². The largest absolute Gasteiger partial charge is 0.376 e. The van der Waals surface area contributed by atoms with Gasteiger partial charge in [-0.05, 0) is 61.9 Å². The van der Waals surface area contributed by atoms with Gasteiger partial charge in [-0.3, -0.25) is 4.90 Å². The average molecular weight is 389 g/mol. The standard InChI is InChI=1S/C25H28N2O2/c1-19(28)7-8-21-16-22(15-20-5-3-2-4-6-20)24(26-17-21)9-12-25(29)18-27-13-10-23(25)11-14-27/h2-6,16-17,23,29H,7-8,10-11,13-15,18H2,1H3. The highest BCUT2D eigenvalue weighted by Crippen LogP contribution is 2.35. The van der Waals surface area contributed by atoms with Crippen molar-refractivity contribution in [2.75, 3.05) is 19.6 Å². The Hall–Kier alpha value is -2.48. The number of carbonyl (C=O) groups is 1. The van der Waals surface area contributed by atoms with Crippen molar-refractivity contribution in [2.24, 2.45) is 5.92 Å². The fourth-order valence-corrected chi connectivity index (χ4v) is 4.43. The molecule has 0 aliphatic carbocycles. The normalized spacial score (nSPS) is 25.3. The number of pyridine rings is 1. The zero-order valence-electron chi connectivity index (χ0n) is 17.0. The highest BCUT2D eigenvalue weighted by atomic mass is 16.3. The molecule has 3 aliphatic rings. The summed E-state index contributed by atoms with van der Waals surface area (Å²) < 4.78 is 0. The van der Waals surface area contributed by atoms with E-state index in [1.54, 1.807) is 6.92 Å². The summed E-state index contributed by atoms with van der Waals surface area (Å²) in [6, 6.07) is 12.4. The number of Topliss-reactive ketones (excluding diaryl/α,β-unsaturated/α-hetero) is 1. The van der Waals surface area contributed by atoms with Gasteiger partial charge in [-0.1, -0.05) is 42.3 Å². The van der Waals surface area contributed by atoms with Crippen molar-refractivity contribution in [3.63, 3.8) is 0 Å². The van der Waals surface area contributed by atoms with E-state index in [9.17, 15) is 9.90 Å². The Labute approximate surface area is 173 Å². The number of hydrogen-bond donors (Lipinski definition) is 1. The third kappa shape index (κ3) is 4.75. The summed E-state index contributed by atoms with van der Waals surface area (Å²) >= 11 is 0. The molecule has 0 amide bonds. The summed E-state index contributed by atoms with van der Waals surface area (Å²) in [7, 11) is 0. The van der Waals surface area contributed by atoms with Crippen LogP contribution in [0, 0.1) is 17.8 Å². The summed E-state index contributed by atoms with van der Waals surface area (Å²) in [5.41, 5.74) is 3.09. The van der Waals surface area contributed by atoms with E-state index in [-0.39, 0.29) is 11.7 Å². The molecule has 150 valence electrons. The van der Waals surface area contributed by atoms with Crippen molar-refractivity contribution in [3.8, 4) is 11.8 Å². The number of aryl methyl sites for hydroxylation is 1. The van der Waals surface area contributed by atoms with Crippen LogP contribution in [0.25, 0.3) is 0 Å². The minimum Gasteiger partial charge on any atom is -0.376 e. The fraction of sp³-hybridized carbons (Fsp3) is 0.440. The van der Waals surface area contributed by atoms with Gasteiger partial charge in [-0.2, -0.15) is 0 Å². The Morgan fingerprint density at radius 2 is 2.00 bits per heavy atom. The topological polar surface area (TPSA) is 53.4 Å². The molecule has 2 aromatic rings. The second kappa shape index (κ2) is 8.49. The number of piperidine rings is 3. The van der Waals surface area contributed by atoms with Crippen LogP contribution >= 0.6 is 0 Å². The molecule has 1 unspecified atom stereocenters. The van der Waals surface area contributed by atoms with Crippen molar-refractivity contribution < 1.29 is 9.90 Å². The van der Waals surface area contributed by atoms with Crippen molar-refractivity contribution in [2.45, 2.75) is 44.6 Å². The van der Waals surface area contributed by atoms with Crippen molar-refractivity contribution in [3.05, 3.63) is 65.0 Å². The summed E-state index contributed by atoms with van der Waals surface area (Å²) in [6.45, 7) is 4.39. The highest BCUT2D eigenvalue weighted by Gasteiger charge is 2.44. The van der Waals surface area contributed by atoms with Crippen LogP contribution in [0.4, 0.5) is 0 Å². The van der Waals surface area contributed by atoms with Gasteiger partial charge in [0.15, 0.2) is 0 Å². The molecule has 0 spiro atoms. The molecule has 2 bridgehead atoms. The predicted molar refractivity (Wildman–Crippen MR) is 113 cm³/mol. The van der Waals surface area contributed by atoms with Gasteiger partial charge in [-0.15, -0.1) is 0 Å². The highest BCUT2D eigenvalue weighted by molar-refractivity contribution is 5.75. The number of rotatable bonds is 5. The van der Waals surface area contributed by atoms with Gasteiger partial charge >= 0.3 is 0 Å². The first-order valence-corrected chi connectivity index (χ1v) is 10.5. The van der Waals surface area contributed by atoms with Crippen LogP contribution in [0.3, 0.4) is 0 Å². The van der Waals surface area contributed by atoms with Crippen LogP contribution in [-0.4, -0.2) is 46.0 Å². The lowest BCUT2D eigenvalue weighted by molar-refractivity contribution is -0.116. The monoisotopic (exact) mass is 388 g/mol. The first-order valence-electron chi connectivity index (χ1n) is 10.5. The molecular weight excluding hydrogens is 360 g/mol. The van der Waals surface area contributed by atoms with E-state index in [4.69, 9.17) is 0 Å². The molecule has 3 saturated heterocycles. The van der Waals surface area contributed by atoms with Crippen LogP contribution in [0.1, 0.15) is 48.6 Å². The smallest absolute Gasteiger partial charge is 0.141 e. The maximum absolute atomic E-state index is 11.4. The van der Waals surface area contributed by atoms with Gasteiger partial charge in [0, 0.05) is 31.5 Å². The lowest BCUT2D eigenvalue weighted by atomic mass is 9.76. The van der Waals surface area contributed by atoms with Gasteiger partial charge in [0.05, 0.1) is 0 Å². The van der Waals surface area contributed by atoms with Gasteiger partial charge in [0.1, 0.15) is 17.1 Å². The van der Waals surface area contributed by atoms with E-state index in [2.05, 4.69) is 39.9 Å². The molecule has 1 N–H and O–H groups in total. The molecule has 1 aromatic carbocycles. The summed E-state index contributed by atoms with van der Waals surface area (Å²) in [5.74, 6) is 6.85. The second-order valence-electron chi connectivity index (χ2n) is 8.44. The third-order valence-electron chi connectivity index (χ3n) is 6.15. The fourth-order valence-electron chi connectivity index (χ4n) is 4.43. The number of aliphatic hydroxyl groups is 1. The Morgan fingerprint density at radius 1 is 1.24 bits per heavy atom. The van der Waals surface area contributed by atoms with E-state index in [1.807, 2.05) is 24.4 Å². The number of ketones is 1. The minimum absolute atomic E-state index is 0.183. The molecule has 1 aromatic heterocycles. The van der Waals surface area contributed by atoms with E-state index in [0.29, 0.717) is 19.4 Å². The van der Waals surface area contributed by atoms with Crippen LogP contribution in [0.5, 0.6) is 0 Å². The van der Waals surface area contributed by atoms with Gasteiger partial charge in [-0.25, -0.2) is 4.98 Å². The molecule has 4 heterocycles. The SMILES string of the molecule is CC(=O)CCc1cnc(C#CC2(O)CN3CCC2CC3)c(Cc2ccccc2)c1. The van der Waals surface area contributed by atoms with Crippen molar-refractivity contribution in [1.29, 1.82) is 0 Å². The van der Waals surface area contributed by atoms with E-state index >= 15 is 0 Å².